The fourth-order valence-corrected chi connectivity index (χ4v) is 3.75. The summed E-state index contributed by atoms with van der Waals surface area (Å²) in [5.74, 6) is 0.425. The Morgan fingerprint density at radius 2 is 2.11 bits per heavy atom. The molecule has 0 atom stereocenters. The lowest BCUT2D eigenvalue weighted by Crippen LogP contribution is -2.23. The van der Waals surface area contributed by atoms with Gasteiger partial charge in [-0.25, -0.2) is 18.2 Å². The normalized spacial score (nSPS) is 10.9. The molecule has 0 saturated carbocycles. The molecule has 0 aliphatic rings. The number of halogens is 1. The Morgan fingerprint density at radius 3 is 2.81 bits per heavy atom. The number of nitrogens with zero attached hydrogens (tertiary/aromatic N) is 1. The number of carboxylic acid groups (broad SMARTS) is 1. The molecule has 0 unspecified atom stereocenters. The Labute approximate surface area is 164 Å². The van der Waals surface area contributed by atoms with Crippen LogP contribution in [0.4, 0.5) is 10.5 Å². The fourth-order valence-electron chi connectivity index (χ4n) is 2.07. The second kappa shape index (κ2) is 9.42. The summed E-state index contributed by atoms with van der Waals surface area (Å²) in [4.78, 5) is 14.2. The smallest absolute Gasteiger partial charge is 0.404 e. The summed E-state index contributed by atoms with van der Waals surface area (Å²) < 4.78 is 38.8. The first-order chi connectivity index (χ1) is 12.8. The zero-order valence-electron chi connectivity index (χ0n) is 14.3. The van der Waals surface area contributed by atoms with Gasteiger partial charge in [0.15, 0.2) is 4.90 Å². The second-order valence-corrected chi connectivity index (χ2v) is 7.79. The van der Waals surface area contributed by atoms with E-state index in [1.165, 1.54) is 25.4 Å². The summed E-state index contributed by atoms with van der Waals surface area (Å²) in [6.45, 7) is 0.539. The number of sulfonamides is 1. The molecule has 1 amide bonds. The first kappa shape index (κ1) is 20.8. The minimum absolute atomic E-state index is 0.0240. The lowest BCUT2D eigenvalue weighted by atomic mass is 10.3. The third-order valence-electron chi connectivity index (χ3n) is 3.22. The van der Waals surface area contributed by atoms with Crippen LogP contribution in [0.5, 0.6) is 11.6 Å². The summed E-state index contributed by atoms with van der Waals surface area (Å²) in [5, 5.41) is 10.7. The third kappa shape index (κ3) is 6.29. The van der Waals surface area contributed by atoms with Crippen molar-refractivity contribution in [3.8, 4) is 11.6 Å². The highest BCUT2D eigenvalue weighted by Crippen LogP contribution is 2.27. The number of hydrogen-bond acceptors (Lipinski definition) is 6. The summed E-state index contributed by atoms with van der Waals surface area (Å²) in [7, 11) is -2.60. The topological polar surface area (TPSA) is 127 Å². The number of pyridine rings is 1. The van der Waals surface area contributed by atoms with E-state index in [1.807, 2.05) is 0 Å². The summed E-state index contributed by atoms with van der Waals surface area (Å²) in [5.41, 5.74) is 0.304. The van der Waals surface area contributed by atoms with Crippen LogP contribution in [0.15, 0.2) is 45.9 Å². The van der Waals surface area contributed by atoms with Gasteiger partial charge >= 0.3 is 6.09 Å². The number of aromatic nitrogens is 1. The zero-order chi connectivity index (χ0) is 19.9. The molecule has 27 heavy (non-hydrogen) atoms. The minimum atomic E-state index is -3.93. The van der Waals surface area contributed by atoms with Crippen LogP contribution in [-0.4, -0.2) is 44.9 Å². The van der Waals surface area contributed by atoms with Crippen molar-refractivity contribution in [2.24, 2.45) is 0 Å². The van der Waals surface area contributed by atoms with Crippen molar-refractivity contribution in [3.63, 3.8) is 0 Å². The molecular weight excluding hydrogens is 442 g/mol. The van der Waals surface area contributed by atoms with E-state index in [-0.39, 0.29) is 23.9 Å². The molecule has 0 aliphatic carbocycles. The molecule has 0 fully saturated rings. The molecule has 11 heteroatoms. The minimum Gasteiger partial charge on any atom is -0.493 e. The first-order valence-corrected chi connectivity index (χ1v) is 10.0. The zero-order valence-corrected chi connectivity index (χ0v) is 16.7. The van der Waals surface area contributed by atoms with E-state index in [0.29, 0.717) is 22.3 Å². The first-order valence-electron chi connectivity index (χ1n) is 7.74. The van der Waals surface area contributed by atoms with Gasteiger partial charge in [-0.15, -0.1) is 0 Å². The van der Waals surface area contributed by atoms with E-state index in [0.717, 1.165) is 0 Å². The van der Waals surface area contributed by atoms with Crippen molar-refractivity contribution in [2.45, 2.75) is 11.3 Å². The number of amides is 1. The molecule has 3 N–H and O–H groups in total. The van der Waals surface area contributed by atoms with Crippen LogP contribution in [0.25, 0.3) is 0 Å². The average Bonchev–Trinajstić information content (AvgIpc) is 2.61. The van der Waals surface area contributed by atoms with Crippen LogP contribution in [0, 0.1) is 0 Å². The molecule has 9 nitrogen and oxygen atoms in total. The third-order valence-corrected chi connectivity index (χ3v) is 5.03. The number of hydrogen-bond donors (Lipinski definition) is 3. The number of nitrogens with one attached hydrogen (secondary N) is 2. The molecule has 146 valence electrons. The lowest BCUT2D eigenvalue weighted by molar-refractivity contribution is 0.193. The molecule has 1 heterocycles. The van der Waals surface area contributed by atoms with Crippen molar-refractivity contribution in [3.05, 3.63) is 41.0 Å². The fraction of sp³-hybridized carbons (Fsp3) is 0.250. The van der Waals surface area contributed by atoms with Crippen molar-refractivity contribution < 1.29 is 27.8 Å². The molecule has 0 bridgehead atoms. The molecule has 2 aromatic rings. The Kier molecular flexibility index (Phi) is 7.25. The van der Waals surface area contributed by atoms with Gasteiger partial charge in [-0.3, -0.25) is 4.72 Å². The predicted molar refractivity (Wildman–Crippen MR) is 102 cm³/mol. The monoisotopic (exact) mass is 459 g/mol. The number of benzene rings is 1. The van der Waals surface area contributed by atoms with E-state index < -0.39 is 16.1 Å². The van der Waals surface area contributed by atoms with E-state index in [4.69, 9.17) is 14.6 Å². The van der Waals surface area contributed by atoms with Crippen LogP contribution in [0.1, 0.15) is 6.42 Å². The summed E-state index contributed by atoms with van der Waals surface area (Å²) >= 11 is 3.19. The van der Waals surface area contributed by atoms with Crippen LogP contribution in [0.2, 0.25) is 0 Å². The van der Waals surface area contributed by atoms with Crippen LogP contribution >= 0.6 is 15.9 Å². The standard InChI is InChI=1S/C16H18BrN3O6S/c1-25-15-14(8-11(17)10-19-15)27(23,24)20-12-4-2-5-13(9-12)26-7-3-6-18-16(21)22/h2,4-5,8-10,18,20H,3,6-7H2,1H3,(H,21,22). The van der Waals surface area contributed by atoms with Gasteiger partial charge in [-0.1, -0.05) is 6.07 Å². The molecule has 0 saturated heterocycles. The highest BCUT2D eigenvalue weighted by atomic mass is 79.9. The molecule has 0 spiro atoms. The van der Waals surface area contributed by atoms with Crippen LogP contribution in [0.3, 0.4) is 0 Å². The Bertz CT molecular complexity index is 907. The number of rotatable bonds is 9. The lowest BCUT2D eigenvalue weighted by Gasteiger charge is -2.12. The van der Waals surface area contributed by atoms with E-state index >= 15 is 0 Å². The summed E-state index contributed by atoms with van der Waals surface area (Å²) in [6.07, 6.45) is 0.818. The second-order valence-electron chi connectivity index (χ2n) is 5.23. The van der Waals surface area contributed by atoms with E-state index in [1.54, 1.807) is 18.2 Å². The van der Waals surface area contributed by atoms with Gasteiger partial charge in [0.2, 0.25) is 5.88 Å². The maximum absolute atomic E-state index is 12.7. The SMILES string of the molecule is COc1ncc(Br)cc1S(=O)(=O)Nc1cccc(OCCCNC(=O)O)c1. The maximum Gasteiger partial charge on any atom is 0.404 e. The quantitative estimate of drug-likeness (QED) is 0.491. The van der Waals surface area contributed by atoms with Crippen LogP contribution < -0.4 is 19.5 Å². The van der Waals surface area contributed by atoms with Crippen molar-refractivity contribution in [2.75, 3.05) is 25.0 Å². The largest absolute Gasteiger partial charge is 0.493 e. The number of anilines is 1. The van der Waals surface area contributed by atoms with E-state index in [9.17, 15) is 13.2 Å². The van der Waals surface area contributed by atoms with Crippen molar-refractivity contribution in [1.29, 1.82) is 0 Å². The van der Waals surface area contributed by atoms with Crippen molar-refractivity contribution in [1.82, 2.24) is 10.3 Å². The molecule has 1 aromatic carbocycles. The Morgan fingerprint density at radius 1 is 1.33 bits per heavy atom. The van der Waals surface area contributed by atoms with Gasteiger partial charge in [-0.2, -0.15) is 0 Å². The Hall–Kier alpha value is -2.53. The molecular formula is C16H18BrN3O6S. The number of ether oxygens (including phenoxy) is 2. The highest BCUT2D eigenvalue weighted by molar-refractivity contribution is 9.10. The van der Waals surface area contributed by atoms with Gasteiger partial charge in [0.05, 0.1) is 19.4 Å². The van der Waals surface area contributed by atoms with E-state index in [2.05, 4.69) is 31.0 Å². The van der Waals surface area contributed by atoms with Gasteiger partial charge in [0, 0.05) is 23.3 Å². The average molecular weight is 460 g/mol. The molecule has 0 aliphatic heterocycles. The van der Waals surface area contributed by atoms with Gasteiger partial charge in [0.1, 0.15) is 5.75 Å². The van der Waals surface area contributed by atoms with Crippen molar-refractivity contribution >= 4 is 37.7 Å². The molecule has 1 aromatic heterocycles. The van der Waals surface area contributed by atoms with Crippen LogP contribution in [-0.2, 0) is 10.0 Å². The predicted octanol–water partition coefficient (Wildman–Crippen LogP) is 2.69. The Balaban J connectivity index is 2.07. The highest BCUT2D eigenvalue weighted by Gasteiger charge is 2.21. The number of methoxy groups -OCH3 is 1. The number of carbonyl (C=O) groups is 1. The molecule has 2 rings (SSSR count). The van der Waals surface area contributed by atoms with Gasteiger partial charge in [0.25, 0.3) is 10.0 Å². The van der Waals surface area contributed by atoms with Gasteiger partial charge in [-0.05, 0) is 40.5 Å². The molecule has 0 radical (unpaired) electrons. The summed E-state index contributed by atoms with van der Waals surface area (Å²) in [6, 6.07) is 7.81. The van der Waals surface area contributed by atoms with Gasteiger partial charge < -0.3 is 19.9 Å². The maximum atomic E-state index is 12.7.